The fourth-order valence-electron chi connectivity index (χ4n) is 2.57. The summed E-state index contributed by atoms with van der Waals surface area (Å²) in [4.78, 5) is 12.0. The molecular formula is C15H19ClO. The van der Waals surface area contributed by atoms with Crippen molar-refractivity contribution in [3.63, 3.8) is 0 Å². The second-order valence-electron chi connectivity index (χ2n) is 4.86. The molecule has 1 aromatic rings. The molecule has 0 saturated heterocycles. The summed E-state index contributed by atoms with van der Waals surface area (Å²) in [6.45, 7) is 0. The van der Waals surface area contributed by atoms with Crippen molar-refractivity contribution in [2.24, 2.45) is 5.92 Å². The minimum atomic E-state index is 0.0965. The Morgan fingerprint density at radius 3 is 2.65 bits per heavy atom. The van der Waals surface area contributed by atoms with Crippen LogP contribution in [0.25, 0.3) is 0 Å². The van der Waals surface area contributed by atoms with E-state index in [0.717, 1.165) is 32.1 Å². The fourth-order valence-corrected chi connectivity index (χ4v) is 3.00. The zero-order valence-electron chi connectivity index (χ0n) is 10.1. The van der Waals surface area contributed by atoms with E-state index >= 15 is 0 Å². The number of halogens is 1. The highest BCUT2D eigenvalue weighted by molar-refractivity contribution is 6.22. The number of alkyl halides is 1. The molecule has 1 aromatic carbocycles. The Morgan fingerprint density at radius 2 is 2.00 bits per heavy atom. The molecule has 2 heteroatoms. The highest BCUT2D eigenvalue weighted by Crippen LogP contribution is 2.31. The summed E-state index contributed by atoms with van der Waals surface area (Å²) in [5.41, 5.74) is 1.31. The molecule has 92 valence electrons. The van der Waals surface area contributed by atoms with Crippen LogP contribution in [0.5, 0.6) is 0 Å². The van der Waals surface area contributed by atoms with Crippen molar-refractivity contribution < 1.29 is 4.79 Å². The van der Waals surface area contributed by atoms with E-state index in [0.29, 0.717) is 12.2 Å². The molecule has 0 radical (unpaired) electrons. The van der Waals surface area contributed by atoms with Crippen LogP contribution < -0.4 is 0 Å². The lowest BCUT2D eigenvalue weighted by Crippen LogP contribution is -2.18. The lowest BCUT2D eigenvalue weighted by atomic mass is 9.97. The number of ketones is 1. The van der Waals surface area contributed by atoms with Gasteiger partial charge in [0.15, 0.2) is 0 Å². The Hall–Kier alpha value is -0.820. The van der Waals surface area contributed by atoms with Crippen LogP contribution in [0.4, 0.5) is 0 Å². The van der Waals surface area contributed by atoms with Gasteiger partial charge in [-0.15, -0.1) is 11.6 Å². The number of aryl methyl sites for hydroxylation is 1. The summed E-state index contributed by atoms with van der Waals surface area (Å²) >= 11 is 6.15. The number of hydrogen-bond donors (Lipinski definition) is 0. The van der Waals surface area contributed by atoms with Gasteiger partial charge in [-0.05, 0) is 31.2 Å². The number of benzene rings is 1. The molecule has 0 bridgehead atoms. The molecule has 2 unspecified atom stereocenters. The molecule has 1 aliphatic carbocycles. The van der Waals surface area contributed by atoms with E-state index in [4.69, 9.17) is 11.6 Å². The molecule has 0 aromatic heterocycles. The molecule has 0 N–H and O–H groups in total. The predicted molar refractivity (Wildman–Crippen MR) is 71.4 cm³/mol. The minimum absolute atomic E-state index is 0.0965. The molecule has 1 fully saturated rings. The van der Waals surface area contributed by atoms with Gasteiger partial charge in [-0.25, -0.2) is 0 Å². The largest absolute Gasteiger partial charge is 0.299 e. The average Bonchev–Trinajstić information content (AvgIpc) is 2.77. The Balaban J connectivity index is 1.73. The number of Topliss-reactive ketones (excluding diaryl/α,β-unsaturated/α-hetero) is 1. The Labute approximate surface area is 108 Å². The van der Waals surface area contributed by atoms with Crippen molar-refractivity contribution in [3.8, 4) is 0 Å². The van der Waals surface area contributed by atoms with Crippen LogP contribution in [-0.4, -0.2) is 11.2 Å². The maximum atomic E-state index is 12.0. The summed E-state index contributed by atoms with van der Waals surface area (Å²) in [6.07, 6.45) is 5.75. The standard InChI is InChI=1S/C15H19ClO/c16-14-10-5-9-13(14)15(17)11-4-8-12-6-2-1-3-7-12/h1-3,6-7,13-14H,4-5,8-11H2. The van der Waals surface area contributed by atoms with Crippen LogP contribution in [0.2, 0.25) is 0 Å². The molecule has 1 aliphatic rings. The average molecular weight is 251 g/mol. The molecule has 17 heavy (non-hydrogen) atoms. The van der Waals surface area contributed by atoms with Gasteiger partial charge in [-0.1, -0.05) is 36.8 Å². The summed E-state index contributed by atoms with van der Waals surface area (Å²) in [6, 6.07) is 10.3. The van der Waals surface area contributed by atoms with Crippen LogP contribution in [-0.2, 0) is 11.2 Å². The third-order valence-electron chi connectivity index (χ3n) is 3.58. The lowest BCUT2D eigenvalue weighted by molar-refractivity contribution is -0.122. The Morgan fingerprint density at radius 1 is 1.24 bits per heavy atom. The highest BCUT2D eigenvalue weighted by Gasteiger charge is 2.30. The smallest absolute Gasteiger partial charge is 0.137 e. The molecule has 2 rings (SSSR count). The number of rotatable bonds is 5. The molecule has 0 spiro atoms. The zero-order chi connectivity index (χ0) is 12.1. The fraction of sp³-hybridized carbons (Fsp3) is 0.533. The Bertz CT molecular complexity index is 360. The van der Waals surface area contributed by atoms with Crippen molar-refractivity contribution in [1.82, 2.24) is 0 Å². The Kier molecular flexibility index (Phi) is 4.61. The first-order valence-electron chi connectivity index (χ1n) is 6.48. The van der Waals surface area contributed by atoms with Gasteiger partial charge in [-0.2, -0.15) is 0 Å². The zero-order valence-corrected chi connectivity index (χ0v) is 10.8. The van der Waals surface area contributed by atoms with Crippen molar-refractivity contribution in [1.29, 1.82) is 0 Å². The lowest BCUT2D eigenvalue weighted by Gasteiger charge is -2.11. The van der Waals surface area contributed by atoms with Gasteiger partial charge in [0, 0.05) is 17.7 Å². The third-order valence-corrected chi connectivity index (χ3v) is 4.10. The van der Waals surface area contributed by atoms with E-state index in [2.05, 4.69) is 12.1 Å². The molecule has 0 heterocycles. The monoisotopic (exact) mass is 250 g/mol. The van der Waals surface area contributed by atoms with E-state index in [9.17, 15) is 4.79 Å². The minimum Gasteiger partial charge on any atom is -0.299 e. The maximum absolute atomic E-state index is 12.0. The van der Waals surface area contributed by atoms with Crippen LogP contribution in [0, 0.1) is 5.92 Å². The van der Waals surface area contributed by atoms with Gasteiger partial charge in [0.1, 0.15) is 5.78 Å². The van der Waals surface area contributed by atoms with Crippen LogP contribution in [0.1, 0.15) is 37.7 Å². The van der Waals surface area contributed by atoms with Gasteiger partial charge >= 0.3 is 0 Å². The summed E-state index contributed by atoms with van der Waals surface area (Å²) in [7, 11) is 0. The summed E-state index contributed by atoms with van der Waals surface area (Å²) in [5.74, 6) is 0.505. The van der Waals surface area contributed by atoms with Crippen LogP contribution in [0.15, 0.2) is 30.3 Å². The topological polar surface area (TPSA) is 17.1 Å². The summed E-state index contributed by atoms with van der Waals surface area (Å²) < 4.78 is 0. The number of hydrogen-bond acceptors (Lipinski definition) is 1. The van der Waals surface area contributed by atoms with Crippen LogP contribution >= 0.6 is 11.6 Å². The van der Waals surface area contributed by atoms with Crippen LogP contribution in [0.3, 0.4) is 0 Å². The molecule has 2 atom stereocenters. The van der Waals surface area contributed by atoms with Gasteiger partial charge in [0.25, 0.3) is 0 Å². The van der Waals surface area contributed by atoms with Gasteiger partial charge in [-0.3, -0.25) is 4.79 Å². The van der Waals surface area contributed by atoms with Gasteiger partial charge < -0.3 is 0 Å². The first-order valence-corrected chi connectivity index (χ1v) is 6.92. The molecule has 1 saturated carbocycles. The molecule has 0 amide bonds. The quantitative estimate of drug-likeness (QED) is 0.723. The maximum Gasteiger partial charge on any atom is 0.137 e. The van der Waals surface area contributed by atoms with E-state index in [-0.39, 0.29) is 11.3 Å². The van der Waals surface area contributed by atoms with E-state index in [1.54, 1.807) is 0 Å². The number of carbonyl (C=O) groups excluding carboxylic acids is 1. The molecule has 1 nitrogen and oxygen atoms in total. The molecule has 0 aliphatic heterocycles. The first-order chi connectivity index (χ1) is 8.27. The summed E-state index contributed by atoms with van der Waals surface area (Å²) in [5, 5.41) is 0.0965. The molecular weight excluding hydrogens is 232 g/mol. The van der Waals surface area contributed by atoms with E-state index < -0.39 is 0 Å². The van der Waals surface area contributed by atoms with Crippen molar-refractivity contribution in [2.75, 3.05) is 0 Å². The van der Waals surface area contributed by atoms with E-state index in [1.165, 1.54) is 5.56 Å². The second kappa shape index (κ2) is 6.20. The van der Waals surface area contributed by atoms with Gasteiger partial charge in [0.2, 0.25) is 0 Å². The SMILES string of the molecule is O=C(CCCc1ccccc1)C1CCCC1Cl. The van der Waals surface area contributed by atoms with Gasteiger partial charge in [0.05, 0.1) is 0 Å². The predicted octanol–water partition coefficient (Wildman–Crippen LogP) is 3.99. The van der Waals surface area contributed by atoms with E-state index in [1.807, 2.05) is 18.2 Å². The highest BCUT2D eigenvalue weighted by atomic mass is 35.5. The van der Waals surface area contributed by atoms with Crippen molar-refractivity contribution >= 4 is 17.4 Å². The van der Waals surface area contributed by atoms with Crippen molar-refractivity contribution in [2.45, 2.75) is 43.9 Å². The number of carbonyl (C=O) groups is 1. The normalized spacial score (nSPS) is 23.8. The third kappa shape index (κ3) is 3.57. The van der Waals surface area contributed by atoms with Crippen molar-refractivity contribution in [3.05, 3.63) is 35.9 Å². The first kappa shape index (κ1) is 12.6. The second-order valence-corrected chi connectivity index (χ2v) is 5.42.